The van der Waals surface area contributed by atoms with Gasteiger partial charge in [-0.3, -0.25) is 4.90 Å². The van der Waals surface area contributed by atoms with E-state index in [9.17, 15) is 0 Å². The summed E-state index contributed by atoms with van der Waals surface area (Å²) in [5.74, 6) is 0.957. The summed E-state index contributed by atoms with van der Waals surface area (Å²) >= 11 is 0. The summed E-state index contributed by atoms with van der Waals surface area (Å²) in [5.41, 5.74) is 8.26. The number of nitrogens with two attached hydrogens (primary N) is 1. The maximum absolute atomic E-state index is 5.98. The maximum Gasteiger partial charge on any atom is 0.138 e. The van der Waals surface area contributed by atoms with Crippen LogP contribution in [0.3, 0.4) is 0 Å². The van der Waals surface area contributed by atoms with Gasteiger partial charge < -0.3 is 10.3 Å². The molecule has 2 N–H and O–H groups in total. The zero-order valence-corrected chi connectivity index (χ0v) is 11.8. The molecule has 1 saturated carbocycles. The molecule has 1 fully saturated rings. The number of aryl methyl sites for hydroxylation is 2. The topological polar surface area (TPSA) is 55.3 Å². The summed E-state index contributed by atoms with van der Waals surface area (Å²) in [6.07, 6.45) is 4.75. The Morgan fingerprint density at radius 3 is 2.44 bits per heavy atom. The summed E-state index contributed by atoms with van der Waals surface area (Å²) in [4.78, 5) is 2.54. The van der Waals surface area contributed by atoms with E-state index in [1.165, 1.54) is 18.4 Å². The number of aromatic nitrogens is 1. The molecule has 4 nitrogen and oxygen atoms in total. The van der Waals surface area contributed by atoms with E-state index in [0.717, 1.165) is 37.4 Å². The van der Waals surface area contributed by atoms with Crippen molar-refractivity contribution in [1.82, 2.24) is 10.1 Å². The van der Waals surface area contributed by atoms with Crippen LogP contribution in [0.2, 0.25) is 0 Å². The summed E-state index contributed by atoms with van der Waals surface area (Å²) in [6, 6.07) is 1.09. The Morgan fingerprint density at radius 2 is 1.94 bits per heavy atom. The van der Waals surface area contributed by atoms with Gasteiger partial charge in [-0.1, -0.05) is 12.1 Å². The Labute approximate surface area is 110 Å². The van der Waals surface area contributed by atoms with Gasteiger partial charge in [-0.25, -0.2) is 0 Å². The lowest BCUT2D eigenvalue weighted by atomic mass is 9.90. The molecule has 0 bridgehead atoms. The predicted octanol–water partition coefficient (Wildman–Crippen LogP) is 2.38. The monoisotopic (exact) mass is 251 g/mol. The molecule has 1 aliphatic carbocycles. The van der Waals surface area contributed by atoms with Crippen molar-refractivity contribution in [2.75, 3.05) is 6.54 Å². The zero-order valence-electron chi connectivity index (χ0n) is 11.8. The number of rotatable bonds is 4. The largest absolute Gasteiger partial charge is 0.361 e. The predicted molar refractivity (Wildman–Crippen MR) is 72.3 cm³/mol. The molecule has 4 heteroatoms. The quantitative estimate of drug-likeness (QED) is 0.892. The molecule has 0 saturated heterocycles. The Hall–Kier alpha value is -0.870. The van der Waals surface area contributed by atoms with Crippen molar-refractivity contribution in [2.45, 2.75) is 65.1 Å². The average molecular weight is 251 g/mol. The fourth-order valence-corrected chi connectivity index (χ4v) is 2.90. The van der Waals surface area contributed by atoms with Crippen molar-refractivity contribution < 1.29 is 4.52 Å². The van der Waals surface area contributed by atoms with Crippen molar-refractivity contribution in [1.29, 1.82) is 0 Å². The Morgan fingerprint density at radius 1 is 1.28 bits per heavy atom. The van der Waals surface area contributed by atoms with Gasteiger partial charge in [-0.15, -0.1) is 0 Å². The van der Waals surface area contributed by atoms with Crippen LogP contribution in [0.5, 0.6) is 0 Å². The van der Waals surface area contributed by atoms with Crippen molar-refractivity contribution in [3.8, 4) is 0 Å². The lowest BCUT2D eigenvalue weighted by molar-refractivity contribution is 0.148. The Balaban J connectivity index is 2.01. The third-order valence-electron chi connectivity index (χ3n) is 4.21. The highest BCUT2D eigenvalue weighted by Gasteiger charge is 2.24. The van der Waals surface area contributed by atoms with Crippen LogP contribution in [0.15, 0.2) is 4.52 Å². The molecule has 0 atom stereocenters. The van der Waals surface area contributed by atoms with Crippen LogP contribution in [0.25, 0.3) is 0 Å². The first-order valence-electron chi connectivity index (χ1n) is 7.03. The lowest BCUT2D eigenvalue weighted by Gasteiger charge is -2.35. The summed E-state index contributed by atoms with van der Waals surface area (Å²) in [6.45, 7) is 8.28. The van der Waals surface area contributed by atoms with Gasteiger partial charge in [0.05, 0.1) is 5.69 Å². The van der Waals surface area contributed by atoms with Gasteiger partial charge in [0.2, 0.25) is 0 Å². The van der Waals surface area contributed by atoms with Crippen LogP contribution < -0.4 is 5.73 Å². The van der Waals surface area contributed by atoms with Crippen LogP contribution >= 0.6 is 0 Å². The molecule has 0 aliphatic heterocycles. The molecule has 0 spiro atoms. The third-order valence-corrected chi connectivity index (χ3v) is 4.21. The Kier molecular flexibility index (Phi) is 4.40. The molecule has 1 aliphatic rings. The minimum Gasteiger partial charge on any atom is -0.361 e. The molecule has 0 radical (unpaired) electrons. The molecular weight excluding hydrogens is 226 g/mol. The Bertz CT molecular complexity index is 361. The maximum atomic E-state index is 5.98. The van der Waals surface area contributed by atoms with Crippen LogP contribution in [0.4, 0.5) is 0 Å². The van der Waals surface area contributed by atoms with Crippen LogP contribution in [-0.2, 0) is 6.54 Å². The third kappa shape index (κ3) is 2.93. The van der Waals surface area contributed by atoms with E-state index in [0.29, 0.717) is 12.1 Å². The molecule has 18 heavy (non-hydrogen) atoms. The minimum absolute atomic E-state index is 0.416. The first-order valence-corrected chi connectivity index (χ1v) is 7.03. The molecule has 0 unspecified atom stereocenters. The number of nitrogens with zero attached hydrogens (tertiary/aromatic N) is 2. The van der Waals surface area contributed by atoms with E-state index in [1.807, 2.05) is 13.8 Å². The fraction of sp³-hybridized carbons (Fsp3) is 0.786. The van der Waals surface area contributed by atoms with E-state index in [1.54, 1.807) is 0 Å². The van der Waals surface area contributed by atoms with Crippen molar-refractivity contribution in [3.63, 3.8) is 0 Å². The highest BCUT2D eigenvalue weighted by atomic mass is 16.5. The van der Waals surface area contributed by atoms with Crippen molar-refractivity contribution >= 4 is 0 Å². The van der Waals surface area contributed by atoms with Crippen LogP contribution in [0, 0.1) is 13.8 Å². The van der Waals surface area contributed by atoms with E-state index >= 15 is 0 Å². The molecule has 0 aromatic carbocycles. The van der Waals surface area contributed by atoms with Crippen LogP contribution in [0.1, 0.15) is 49.6 Å². The number of hydrogen-bond acceptors (Lipinski definition) is 4. The van der Waals surface area contributed by atoms with Gasteiger partial charge in [-0.05, 0) is 46.1 Å². The summed E-state index contributed by atoms with van der Waals surface area (Å²) in [7, 11) is 0. The number of hydrogen-bond donors (Lipinski definition) is 1. The molecule has 1 aromatic rings. The van der Waals surface area contributed by atoms with E-state index in [2.05, 4.69) is 17.0 Å². The van der Waals surface area contributed by atoms with Gasteiger partial charge in [0, 0.05) is 24.2 Å². The first kappa shape index (κ1) is 13.6. The van der Waals surface area contributed by atoms with Crippen molar-refractivity contribution in [3.05, 3.63) is 17.0 Å². The van der Waals surface area contributed by atoms with E-state index < -0.39 is 0 Å². The average Bonchev–Trinajstić information content (AvgIpc) is 2.68. The van der Waals surface area contributed by atoms with Gasteiger partial charge in [-0.2, -0.15) is 0 Å². The molecule has 1 heterocycles. The van der Waals surface area contributed by atoms with Gasteiger partial charge >= 0.3 is 0 Å². The smallest absolute Gasteiger partial charge is 0.138 e. The second kappa shape index (κ2) is 5.85. The van der Waals surface area contributed by atoms with Gasteiger partial charge in [0.15, 0.2) is 0 Å². The first-order chi connectivity index (χ1) is 8.61. The highest BCUT2D eigenvalue weighted by Crippen LogP contribution is 2.25. The standard InChI is InChI=1S/C14H25N3O/c1-4-17(13-7-5-12(15)6-8-13)9-14-10(2)16-18-11(14)3/h12-13H,4-9,15H2,1-3H3. The second-order valence-electron chi connectivity index (χ2n) is 5.43. The van der Waals surface area contributed by atoms with E-state index in [4.69, 9.17) is 10.3 Å². The molecule has 102 valence electrons. The minimum atomic E-state index is 0.416. The normalized spacial score (nSPS) is 24.7. The molecule has 2 rings (SSSR count). The SMILES string of the molecule is CCN(Cc1c(C)noc1C)C1CCC(N)CC1. The van der Waals surface area contributed by atoms with Crippen LogP contribution in [-0.4, -0.2) is 28.7 Å². The second-order valence-corrected chi connectivity index (χ2v) is 5.43. The summed E-state index contributed by atoms with van der Waals surface area (Å²) in [5, 5.41) is 4.04. The molecule has 1 aromatic heterocycles. The van der Waals surface area contributed by atoms with Gasteiger partial charge in [0.1, 0.15) is 5.76 Å². The van der Waals surface area contributed by atoms with Gasteiger partial charge in [0.25, 0.3) is 0 Å². The highest BCUT2D eigenvalue weighted by molar-refractivity contribution is 5.20. The molecule has 0 amide bonds. The zero-order chi connectivity index (χ0) is 13.1. The molecular formula is C14H25N3O. The fourth-order valence-electron chi connectivity index (χ4n) is 2.90. The lowest BCUT2D eigenvalue weighted by Crippen LogP contribution is -2.40. The van der Waals surface area contributed by atoms with Crippen molar-refractivity contribution in [2.24, 2.45) is 5.73 Å². The van der Waals surface area contributed by atoms with E-state index in [-0.39, 0.29) is 0 Å². The summed E-state index contributed by atoms with van der Waals surface area (Å²) < 4.78 is 5.25.